The Balaban J connectivity index is 0.000000226. The third-order valence-corrected chi connectivity index (χ3v) is 7.00. The lowest BCUT2D eigenvalue weighted by atomic mass is 9.74. The number of allylic oxidation sites excluding steroid dienone is 5. The Kier molecular flexibility index (Phi) is 10.7. The highest BCUT2D eigenvalue weighted by atomic mass is 16.3. The van der Waals surface area contributed by atoms with Crippen molar-refractivity contribution in [3.05, 3.63) is 84.0 Å². The fraction of sp³-hybridized carbons (Fsp3) is 0.375. The molecule has 2 aliphatic carbocycles. The zero-order valence-corrected chi connectivity index (χ0v) is 23.2. The second-order valence-corrected chi connectivity index (χ2v) is 10.8. The van der Waals surface area contributed by atoms with Crippen LogP contribution in [0.2, 0.25) is 0 Å². The van der Waals surface area contributed by atoms with Crippen LogP contribution in [0.4, 0.5) is 0 Å². The van der Waals surface area contributed by atoms with Gasteiger partial charge in [-0.2, -0.15) is 0 Å². The van der Waals surface area contributed by atoms with Gasteiger partial charge in [0, 0.05) is 41.8 Å². The first-order valence-electron chi connectivity index (χ1n) is 13.0. The van der Waals surface area contributed by atoms with E-state index in [1.54, 1.807) is 0 Å². The summed E-state index contributed by atoms with van der Waals surface area (Å²) < 4.78 is 0. The molecule has 0 amide bonds. The number of phenolic OH excluding ortho intramolecular Hbond substituents is 6. The summed E-state index contributed by atoms with van der Waals surface area (Å²) in [6, 6.07) is 5.95. The molecule has 0 saturated heterocycles. The SMILES string of the molecule is C=C(C)[C@@H]1C=C[C@](C)(O)CC1.C=C(C)[C@H]1CCC(C)=C[C@H]1c1c(O)cc(O)cc1O.Oc1cc(O)cc(O)c1. The van der Waals surface area contributed by atoms with Crippen LogP contribution in [0, 0.1) is 11.8 Å². The van der Waals surface area contributed by atoms with Crippen LogP contribution in [0.1, 0.15) is 64.9 Å². The lowest BCUT2D eigenvalue weighted by molar-refractivity contribution is 0.0903. The number of benzene rings is 2. The minimum Gasteiger partial charge on any atom is -0.508 e. The van der Waals surface area contributed by atoms with E-state index in [1.807, 2.05) is 26.8 Å². The number of hydrogen-bond donors (Lipinski definition) is 7. The minimum absolute atomic E-state index is 0.0697. The zero-order chi connectivity index (χ0) is 29.5. The van der Waals surface area contributed by atoms with Crippen molar-refractivity contribution in [1.82, 2.24) is 0 Å². The summed E-state index contributed by atoms with van der Waals surface area (Å²) in [5, 5.41) is 65.0. The highest BCUT2D eigenvalue weighted by Crippen LogP contribution is 2.47. The molecule has 2 aliphatic rings. The first kappa shape index (κ1) is 31.4. The van der Waals surface area contributed by atoms with Crippen molar-refractivity contribution in [2.75, 3.05) is 0 Å². The third kappa shape index (κ3) is 9.45. The fourth-order valence-corrected chi connectivity index (χ4v) is 4.80. The van der Waals surface area contributed by atoms with E-state index in [-0.39, 0.29) is 46.3 Å². The molecule has 0 radical (unpaired) electrons. The van der Waals surface area contributed by atoms with Crippen molar-refractivity contribution >= 4 is 0 Å². The maximum Gasteiger partial charge on any atom is 0.126 e. The lowest BCUT2D eigenvalue weighted by Crippen LogP contribution is -2.25. The Morgan fingerprint density at radius 3 is 1.69 bits per heavy atom. The molecule has 2 aromatic rings. The Morgan fingerprint density at radius 2 is 1.28 bits per heavy atom. The standard InChI is InChI=1S/C16H20O3.C10H16O.C6H6O3/c1-9(2)12-5-4-10(3)6-13(12)16-14(18)7-11(17)8-15(16)19;1-8(2)9-4-6-10(3,11)7-5-9;7-4-1-5(8)3-6(9)2-4/h6-8,12-13,17-19H,1,4-5H2,2-3H3;4,6,9,11H,1,5,7H2,2-3H3;1-3,7-9H/t12-,13-;9-,10+;/m11./s1. The predicted octanol–water partition coefficient (Wildman–Crippen LogP) is 6.90. The number of hydrogen-bond acceptors (Lipinski definition) is 7. The van der Waals surface area contributed by atoms with Gasteiger partial charge in [0.05, 0.1) is 5.60 Å². The van der Waals surface area contributed by atoms with Crippen molar-refractivity contribution < 1.29 is 35.7 Å². The Morgan fingerprint density at radius 1 is 0.795 bits per heavy atom. The maximum absolute atomic E-state index is 10.0. The van der Waals surface area contributed by atoms with Crippen LogP contribution in [0.5, 0.6) is 34.5 Å². The van der Waals surface area contributed by atoms with Crippen molar-refractivity contribution in [3.8, 4) is 34.5 Å². The average Bonchev–Trinajstić information content (AvgIpc) is 2.78. The summed E-state index contributed by atoms with van der Waals surface area (Å²) >= 11 is 0. The Labute approximate surface area is 231 Å². The minimum atomic E-state index is -0.577. The monoisotopic (exact) mass is 538 g/mol. The van der Waals surface area contributed by atoms with Crippen LogP contribution < -0.4 is 0 Å². The van der Waals surface area contributed by atoms with Crippen molar-refractivity contribution in [2.24, 2.45) is 11.8 Å². The molecule has 0 unspecified atom stereocenters. The fourth-order valence-electron chi connectivity index (χ4n) is 4.80. The normalized spacial score (nSPS) is 23.8. The maximum atomic E-state index is 10.0. The van der Waals surface area contributed by atoms with E-state index >= 15 is 0 Å². The Bertz CT molecular complexity index is 1170. The van der Waals surface area contributed by atoms with Crippen molar-refractivity contribution in [2.45, 2.75) is 64.9 Å². The van der Waals surface area contributed by atoms with Gasteiger partial charge in [-0.1, -0.05) is 48.1 Å². The molecular formula is C32H42O7. The summed E-state index contributed by atoms with van der Waals surface area (Å²) in [5.74, 6) is -0.124. The van der Waals surface area contributed by atoms with Gasteiger partial charge in [0.25, 0.3) is 0 Å². The van der Waals surface area contributed by atoms with Gasteiger partial charge >= 0.3 is 0 Å². The molecule has 7 N–H and O–H groups in total. The number of phenols is 6. The molecule has 39 heavy (non-hydrogen) atoms. The second-order valence-electron chi connectivity index (χ2n) is 10.8. The van der Waals surface area contributed by atoms with Gasteiger partial charge in [0.2, 0.25) is 0 Å². The molecule has 0 aliphatic heterocycles. The molecule has 0 heterocycles. The first-order valence-corrected chi connectivity index (χ1v) is 13.0. The van der Waals surface area contributed by atoms with E-state index < -0.39 is 5.60 Å². The largest absolute Gasteiger partial charge is 0.508 e. The molecule has 7 nitrogen and oxygen atoms in total. The Hall–Kier alpha value is -3.84. The number of aliphatic hydroxyl groups is 1. The molecule has 0 saturated carbocycles. The van der Waals surface area contributed by atoms with Crippen LogP contribution >= 0.6 is 0 Å². The summed E-state index contributed by atoms with van der Waals surface area (Å²) in [6.45, 7) is 15.8. The van der Waals surface area contributed by atoms with Crippen LogP contribution in [0.25, 0.3) is 0 Å². The van der Waals surface area contributed by atoms with Crippen molar-refractivity contribution in [3.63, 3.8) is 0 Å². The predicted molar refractivity (Wildman–Crippen MR) is 154 cm³/mol. The summed E-state index contributed by atoms with van der Waals surface area (Å²) in [5.41, 5.74) is 3.38. The average molecular weight is 539 g/mol. The molecule has 212 valence electrons. The topological polar surface area (TPSA) is 142 Å². The zero-order valence-electron chi connectivity index (χ0n) is 23.2. The molecule has 7 heteroatoms. The molecular weight excluding hydrogens is 496 g/mol. The van der Waals surface area contributed by atoms with Gasteiger partial charge in [-0.15, -0.1) is 0 Å². The summed E-state index contributed by atoms with van der Waals surface area (Å²) in [6.07, 6.45) is 9.87. The van der Waals surface area contributed by atoms with Crippen LogP contribution in [0.3, 0.4) is 0 Å². The molecule has 0 spiro atoms. The molecule has 4 atom stereocenters. The lowest BCUT2D eigenvalue weighted by Gasteiger charge is -2.31. The highest BCUT2D eigenvalue weighted by molar-refractivity contribution is 5.53. The van der Waals surface area contributed by atoms with E-state index in [9.17, 15) is 20.4 Å². The first-order chi connectivity index (χ1) is 18.1. The van der Waals surface area contributed by atoms with E-state index in [4.69, 9.17) is 15.3 Å². The van der Waals surface area contributed by atoms with Crippen LogP contribution in [0.15, 0.2) is 78.4 Å². The molecule has 0 bridgehead atoms. The van der Waals surface area contributed by atoms with Gasteiger partial charge in [-0.3, -0.25) is 0 Å². The summed E-state index contributed by atoms with van der Waals surface area (Å²) in [7, 11) is 0. The van der Waals surface area contributed by atoms with Gasteiger partial charge in [-0.25, -0.2) is 0 Å². The molecule has 2 aromatic carbocycles. The van der Waals surface area contributed by atoms with Crippen LogP contribution in [-0.4, -0.2) is 41.3 Å². The van der Waals surface area contributed by atoms with E-state index in [0.717, 1.165) is 49.5 Å². The second kappa shape index (κ2) is 13.3. The van der Waals surface area contributed by atoms with Crippen molar-refractivity contribution in [1.29, 1.82) is 0 Å². The van der Waals surface area contributed by atoms with Crippen LogP contribution in [-0.2, 0) is 0 Å². The molecule has 0 aromatic heterocycles. The van der Waals surface area contributed by atoms with E-state index in [0.29, 0.717) is 11.5 Å². The number of aromatic hydroxyl groups is 6. The van der Waals surface area contributed by atoms with Gasteiger partial charge in [0.15, 0.2) is 0 Å². The third-order valence-electron chi connectivity index (χ3n) is 7.00. The van der Waals surface area contributed by atoms with E-state index in [2.05, 4.69) is 32.2 Å². The van der Waals surface area contributed by atoms with Gasteiger partial charge in [0.1, 0.15) is 34.5 Å². The van der Waals surface area contributed by atoms with E-state index in [1.165, 1.54) is 23.3 Å². The summed E-state index contributed by atoms with van der Waals surface area (Å²) in [4.78, 5) is 0. The highest BCUT2D eigenvalue weighted by Gasteiger charge is 2.30. The molecule has 4 rings (SSSR count). The smallest absolute Gasteiger partial charge is 0.126 e. The quantitative estimate of drug-likeness (QED) is 0.211. The molecule has 0 fully saturated rings. The van der Waals surface area contributed by atoms with Gasteiger partial charge in [-0.05, 0) is 65.2 Å². The number of rotatable bonds is 3. The van der Waals surface area contributed by atoms with Gasteiger partial charge < -0.3 is 35.7 Å².